The summed E-state index contributed by atoms with van der Waals surface area (Å²) in [6, 6.07) is 14.6. The van der Waals surface area contributed by atoms with E-state index in [9.17, 15) is 9.59 Å². The van der Waals surface area contributed by atoms with Crippen molar-refractivity contribution in [3.05, 3.63) is 58.9 Å². The number of para-hydroxylation sites is 3. The van der Waals surface area contributed by atoms with Gasteiger partial charge in [0.25, 0.3) is 5.56 Å². The fourth-order valence-electron chi connectivity index (χ4n) is 2.96. The van der Waals surface area contributed by atoms with Crippen molar-refractivity contribution in [1.29, 1.82) is 0 Å². The molecule has 0 bridgehead atoms. The molecule has 152 valence electrons. The van der Waals surface area contributed by atoms with Gasteiger partial charge in [0.1, 0.15) is 5.75 Å². The van der Waals surface area contributed by atoms with Crippen molar-refractivity contribution in [2.75, 3.05) is 12.4 Å². The van der Waals surface area contributed by atoms with Crippen molar-refractivity contribution in [3.8, 4) is 5.75 Å². The van der Waals surface area contributed by atoms with Crippen molar-refractivity contribution >= 4 is 34.3 Å². The number of anilines is 1. The van der Waals surface area contributed by atoms with Gasteiger partial charge in [0.15, 0.2) is 5.16 Å². The molecule has 29 heavy (non-hydrogen) atoms. The number of aromatic nitrogens is 2. The van der Waals surface area contributed by atoms with Crippen LogP contribution in [0.3, 0.4) is 0 Å². The Hall–Kier alpha value is -2.80. The fourth-order valence-corrected chi connectivity index (χ4v) is 3.88. The lowest BCUT2D eigenvalue weighted by molar-refractivity contribution is -0.115. The van der Waals surface area contributed by atoms with E-state index < -0.39 is 5.25 Å². The third-order valence-corrected chi connectivity index (χ3v) is 5.48. The Labute approximate surface area is 174 Å². The summed E-state index contributed by atoms with van der Waals surface area (Å²) in [4.78, 5) is 30.4. The molecule has 2 aromatic carbocycles. The third-order valence-electron chi connectivity index (χ3n) is 4.39. The van der Waals surface area contributed by atoms with E-state index in [1.807, 2.05) is 44.2 Å². The predicted molar refractivity (Wildman–Crippen MR) is 118 cm³/mol. The van der Waals surface area contributed by atoms with Crippen molar-refractivity contribution < 1.29 is 9.53 Å². The lowest BCUT2D eigenvalue weighted by Crippen LogP contribution is -2.28. The van der Waals surface area contributed by atoms with Crippen molar-refractivity contribution in [2.24, 2.45) is 5.92 Å². The van der Waals surface area contributed by atoms with Crippen LogP contribution in [0.1, 0.15) is 20.8 Å². The first-order valence-electron chi connectivity index (χ1n) is 9.50. The maximum Gasteiger partial charge on any atom is 0.262 e. The minimum atomic E-state index is -0.452. The second-order valence-electron chi connectivity index (χ2n) is 7.17. The molecule has 1 N–H and O–H groups in total. The van der Waals surface area contributed by atoms with E-state index in [1.165, 1.54) is 11.8 Å². The van der Waals surface area contributed by atoms with E-state index in [1.54, 1.807) is 36.8 Å². The number of carbonyl (C=O) groups excluding carboxylic acids is 1. The molecule has 1 heterocycles. The molecule has 0 fully saturated rings. The molecule has 1 aromatic heterocycles. The normalized spacial score (nSPS) is 12.2. The van der Waals surface area contributed by atoms with Crippen LogP contribution in [0.5, 0.6) is 5.75 Å². The number of rotatable bonds is 7. The zero-order valence-corrected chi connectivity index (χ0v) is 17.8. The molecular weight excluding hydrogens is 386 g/mol. The van der Waals surface area contributed by atoms with Crippen LogP contribution in [0, 0.1) is 5.92 Å². The number of benzene rings is 2. The number of carbonyl (C=O) groups is 1. The highest BCUT2D eigenvalue weighted by atomic mass is 32.2. The number of hydrogen-bond donors (Lipinski definition) is 1. The molecule has 0 saturated heterocycles. The number of hydrogen-bond acceptors (Lipinski definition) is 5. The first-order chi connectivity index (χ1) is 13.9. The topological polar surface area (TPSA) is 73.2 Å². The lowest BCUT2D eigenvalue weighted by atomic mass is 10.2. The Morgan fingerprint density at radius 2 is 1.83 bits per heavy atom. The average molecular weight is 412 g/mol. The van der Waals surface area contributed by atoms with Gasteiger partial charge in [0.05, 0.1) is 29.0 Å². The van der Waals surface area contributed by atoms with Crippen molar-refractivity contribution in [1.82, 2.24) is 9.55 Å². The number of nitrogens with zero attached hydrogens (tertiary/aromatic N) is 2. The highest BCUT2D eigenvalue weighted by Crippen LogP contribution is 2.27. The van der Waals surface area contributed by atoms with Crippen LogP contribution in [0.15, 0.2) is 58.5 Å². The van der Waals surface area contributed by atoms with Gasteiger partial charge >= 0.3 is 0 Å². The molecule has 3 rings (SSSR count). The molecule has 0 radical (unpaired) electrons. The van der Waals surface area contributed by atoms with E-state index >= 15 is 0 Å². The largest absolute Gasteiger partial charge is 0.495 e. The van der Waals surface area contributed by atoms with Crippen LogP contribution in [-0.2, 0) is 11.3 Å². The van der Waals surface area contributed by atoms with Crippen LogP contribution in [0.4, 0.5) is 5.69 Å². The summed E-state index contributed by atoms with van der Waals surface area (Å²) < 4.78 is 6.96. The summed E-state index contributed by atoms with van der Waals surface area (Å²) in [6.07, 6.45) is 0. The Kier molecular flexibility index (Phi) is 6.59. The maximum absolute atomic E-state index is 13.0. The molecule has 1 amide bonds. The van der Waals surface area contributed by atoms with Gasteiger partial charge in [-0.3, -0.25) is 14.2 Å². The van der Waals surface area contributed by atoms with Gasteiger partial charge in [-0.05, 0) is 37.1 Å². The maximum atomic E-state index is 13.0. The van der Waals surface area contributed by atoms with E-state index in [0.29, 0.717) is 34.0 Å². The molecule has 1 atom stereocenters. The van der Waals surface area contributed by atoms with Gasteiger partial charge in [-0.2, -0.15) is 0 Å². The molecule has 0 aliphatic heterocycles. The molecule has 3 aromatic rings. The molecule has 0 aliphatic carbocycles. The number of methoxy groups -OCH3 is 1. The fraction of sp³-hybridized carbons (Fsp3) is 0.318. The Bertz CT molecular complexity index is 1080. The molecular formula is C22H25N3O3S. The van der Waals surface area contributed by atoms with Crippen LogP contribution in [-0.4, -0.2) is 27.8 Å². The van der Waals surface area contributed by atoms with Gasteiger partial charge in [0, 0.05) is 6.54 Å². The SMILES string of the molecule is COc1ccccc1NC(=O)[C@H](C)Sc1nc2ccccc2c(=O)n1CC(C)C. The number of fused-ring (bicyclic) bond motifs is 1. The summed E-state index contributed by atoms with van der Waals surface area (Å²) in [5.41, 5.74) is 1.17. The van der Waals surface area contributed by atoms with Crippen LogP contribution in [0.2, 0.25) is 0 Å². The number of nitrogens with one attached hydrogen (secondary N) is 1. The quantitative estimate of drug-likeness (QED) is 0.466. The first-order valence-corrected chi connectivity index (χ1v) is 10.4. The minimum Gasteiger partial charge on any atom is -0.495 e. The van der Waals surface area contributed by atoms with Crippen LogP contribution < -0.4 is 15.6 Å². The Morgan fingerprint density at radius 3 is 2.55 bits per heavy atom. The van der Waals surface area contributed by atoms with Crippen LogP contribution >= 0.6 is 11.8 Å². The molecule has 0 aliphatic rings. The molecule has 6 nitrogen and oxygen atoms in total. The standard InChI is InChI=1S/C22H25N3O3S/c1-14(2)13-25-21(27)16-9-5-6-10-17(16)24-22(25)29-15(3)20(26)23-18-11-7-8-12-19(18)28-4/h5-12,14-15H,13H2,1-4H3,(H,23,26)/t15-/m0/s1. The predicted octanol–water partition coefficient (Wildman–Crippen LogP) is 4.18. The third kappa shape index (κ3) is 4.79. The summed E-state index contributed by atoms with van der Waals surface area (Å²) in [6.45, 7) is 6.44. The van der Waals surface area contributed by atoms with Gasteiger partial charge < -0.3 is 10.1 Å². The molecule has 0 unspecified atom stereocenters. The highest BCUT2D eigenvalue weighted by molar-refractivity contribution is 8.00. The van der Waals surface area contributed by atoms with Gasteiger partial charge in [-0.15, -0.1) is 0 Å². The summed E-state index contributed by atoms with van der Waals surface area (Å²) in [5, 5.41) is 3.57. The van der Waals surface area contributed by atoms with E-state index in [0.717, 1.165) is 0 Å². The minimum absolute atomic E-state index is 0.0795. The number of amides is 1. The zero-order chi connectivity index (χ0) is 21.0. The summed E-state index contributed by atoms with van der Waals surface area (Å²) in [5.74, 6) is 0.685. The average Bonchev–Trinajstić information content (AvgIpc) is 2.71. The van der Waals surface area contributed by atoms with Gasteiger partial charge in [0.2, 0.25) is 5.91 Å². The second-order valence-corrected chi connectivity index (χ2v) is 8.48. The van der Waals surface area contributed by atoms with E-state index in [2.05, 4.69) is 10.3 Å². The van der Waals surface area contributed by atoms with Crippen molar-refractivity contribution in [3.63, 3.8) is 0 Å². The highest BCUT2D eigenvalue weighted by Gasteiger charge is 2.20. The summed E-state index contributed by atoms with van der Waals surface area (Å²) >= 11 is 1.28. The second kappa shape index (κ2) is 9.13. The summed E-state index contributed by atoms with van der Waals surface area (Å²) in [7, 11) is 1.56. The van der Waals surface area contributed by atoms with Gasteiger partial charge in [-0.25, -0.2) is 4.98 Å². The molecule has 0 spiro atoms. The Balaban J connectivity index is 1.89. The van der Waals surface area contributed by atoms with Crippen LogP contribution in [0.25, 0.3) is 10.9 Å². The van der Waals surface area contributed by atoms with Crippen molar-refractivity contribution in [2.45, 2.75) is 37.7 Å². The molecule has 7 heteroatoms. The zero-order valence-electron chi connectivity index (χ0n) is 17.0. The number of thioether (sulfide) groups is 1. The smallest absolute Gasteiger partial charge is 0.262 e. The lowest BCUT2D eigenvalue weighted by Gasteiger charge is -2.18. The first kappa shape index (κ1) is 20.9. The number of ether oxygens (including phenoxy) is 1. The van der Waals surface area contributed by atoms with E-state index in [-0.39, 0.29) is 17.4 Å². The molecule has 0 saturated carbocycles. The van der Waals surface area contributed by atoms with E-state index in [4.69, 9.17) is 4.74 Å². The monoisotopic (exact) mass is 411 g/mol. The van der Waals surface area contributed by atoms with Gasteiger partial charge in [-0.1, -0.05) is 49.9 Å². The Morgan fingerprint density at radius 1 is 1.14 bits per heavy atom.